The number of carbonyl (C=O) groups excluding carboxylic acids is 1. The minimum Gasteiger partial charge on any atom is -0.379 e. The first kappa shape index (κ1) is 14.8. The third-order valence-corrected chi connectivity index (χ3v) is 5.63. The number of nitrogens with one attached hydrogen (secondary N) is 1. The molecule has 1 unspecified atom stereocenters. The van der Waals surface area contributed by atoms with E-state index >= 15 is 0 Å². The molecule has 2 amide bonds. The van der Waals surface area contributed by atoms with E-state index in [-0.39, 0.29) is 17.5 Å². The van der Waals surface area contributed by atoms with E-state index in [1.807, 2.05) is 24.1 Å². The van der Waals surface area contributed by atoms with Crippen LogP contribution in [0.3, 0.4) is 0 Å². The number of carbonyl (C=O) groups is 1. The van der Waals surface area contributed by atoms with Crippen molar-refractivity contribution in [3.05, 3.63) is 16.1 Å². The highest BCUT2D eigenvalue weighted by molar-refractivity contribution is 7.09. The molecule has 0 bridgehead atoms. The summed E-state index contributed by atoms with van der Waals surface area (Å²) in [5.41, 5.74) is 1.22. The van der Waals surface area contributed by atoms with Gasteiger partial charge in [0.25, 0.3) is 0 Å². The molecule has 1 atom stereocenters. The average molecular weight is 309 g/mol. The van der Waals surface area contributed by atoms with Crippen LogP contribution in [0.5, 0.6) is 0 Å². The molecule has 5 nitrogen and oxygen atoms in total. The summed E-state index contributed by atoms with van der Waals surface area (Å²) in [6.45, 7) is 6.90. The monoisotopic (exact) mass is 309 g/mol. The largest absolute Gasteiger partial charge is 0.379 e. The van der Waals surface area contributed by atoms with Gasteiger partial charge in [-0.1, -0.05) is 6.42 Å². The van der Waals surface area contributed by atoms with Crippen molar-refractivity contribution in [3.63, 3.8) is 0 Å². The third kappa shape index (κ3) is 3.21. The van der Waals surface area contributed by atoms with Crippen LogP contribution < -0.4 is 5.32 Å². The lowest BCUT2D eigenvalue weighted by Crippen LogP contribution is -2.49. The van der Waals surface area contributed by atoms with Crippen LogP contribution in [0.2, 0.25) is 0 Å². The first-order valence-electron chi connectivity index (χ1n) is 7.63. The molecule has 1 saturated carbocycles. The normalized spacial score (nSPS) is 22.5. The second-order valence-corrected chi connectivity index (χ2v) is 7.22. The number of thiazole rings is 1. The van der Waals surface area contributed by atoms with Gasteiger partial charge in [-0.2, -0.15) is 0 Å². The molecule has 2 heterocycles. The molecule has 116 valence electrons. The maximum atomic E-state index is 12.5. The molecule has 1 saturated heterocycles. The SMILES string of the molecule is Cc1csc(C(C)NC(=O)N2CCOCC3(CCC3)C2)n1. The smallest absolute Gasteiger partial charge is 0.318 e. The van der Waals surface area contributed by atoms with E-state index in [2.05, 4.69) is 10.3 Å². The van der Waals surface area contributed by atoms with Crippen molar-refractivity contribution in [3.8, 4) is 0 Å². The molecule has 2 fully saturated rings. The van der Waals surface area contributed by atoms with Crippen LogP contribution in [0.1, 0.15) is 42.9 Å². The molecule has 6 heteroatoms. The summed E-state index contributed by atoms with van der Waals surface area (Å²) in [5, 5.41) is 6.05. The number of aryl methyl sites for hydroxylation is 1. The zero-order valence-corrected chi connectivity index (χ0v) is 13.5. The van der Waals surface area contributed by atoms with E-state index in [1.165, 1.54) is 19.3 Å². The molecule has 21 heavy (non-hydrogen) atoms. The standard InChI is InChI=1S/C15H23N3O2S/c1-11-8-21-13(16-11)12(2)17-14(19)18-6-7-20-10-15(9-18)4-3-5-15/h8,12H,3-7,9-10H2,1-2H3,(H,17,19). The van der Waals surface area contributed by atoms with Gasteiger partial charge in [-0.25, -0.2) is 9.78 Å². The summed E-state index contributed by atoms with van der Waals surface area (Å²) >= 11 is 1.60. The minimum atomic E-state index is -0.0438. The molecular weight excluding hydrogens is 286 g/mol. The Balaban J connectivity index is 1.61. The van der Waals surface area contributed by atoms with Gasteiger partial charge in [0.15, 0.2) is 0 Å². The van der Waals surface area contributed by atoms with Gasteiger partial charge in [-0.05, 0) is 26.7 Å². The van der Waals surface area contributed by atoms with Crippen LogP contribution in [0, 0.1) is 12.3 Å². The number of aromatic nitrogens is 1. The van der Waals surface area contributed by atoms with Crippen LogP contribution in [-0.2, 0) is 4.74 Å². The van der Waals surface area contributed by atoms with Crippen LogP contribution in [0.4, 0.5) is 4.79 Å². The van der Waals surface area contributed by atoms with Gasteiger partial charge >= 0.3 is 6.03 Å². The molecule has 1 aromatic heterocycles. The highest BCUT2D eigenvalue weighted by Crippen LogP contribution is 2.42. The maximum absolute atomic E-state index is 12.5. The Morgan fingerprint density at radius 2 is 2.38 bits per heavy atom. The van der Waals surface area contributed by atoms with E-state index < -0.39 is 0 Å². The molecule has 2 aliphatic rings. The highest BCUT2D eigenvalue weighted by Gasteiger charge is 2.41. The van der Waals surface area contributed by atoms with Crippen LogP contribution in [-0.4, -0.2) is 42.2 Å². The van der Waals surface area contributed by atoms with Gasteiger partial charge in [0.05, 0.1) is 19.3 Å². The molecule has 3 rings (SSSR count). The average Bonchev–Trinajstić information content (AvgIpc) is 2.73. The number of urea groups is 1. The number of rotatable bonds is 2. The molecule has 0 aromatic carbocycles. The molecule has 1 N–H and O–H groups in total. The van der Waals surface area contributed by atoms with Crippen molar-refractivity contribution < 1.29 is 9.53 Å². The summed E-state index contributed by atoms with van der Waals surface area (Å²) in [6.07, 6.45) is 3.61. The third-order valence-electron chi connectivity index (χ3n) is 4.49. The Hall–Kier alpha value is -1.14. The lowest BCUT2D eigenvalue weighted by molar-refractivity contribution is 0.0126. The van der Waals surface area contributed by atoms with Crippen molar-refractivity contribution in [1.29, 1.82) is 0 Å². The topological polar surface area (TPSA) is 54.5 Å². The zero-order valence-electron chi connectivity index (χ0n) is 12.7. The van der Waals surface area contributed by atoms with Crippen LogP contribution in [0.15, 0.2) is 5.38 Å². The maximum Gasteiger partial charge on any atom is 0.318 e. The number of hydrogen-bond acceptors (Lipinski definition) is 4. The second kappa shape index (κ2) is 5.93. The van der Waals surface area contributed by atoms with Gasteiger partial charge in [-0.15, -0.1) is 11.3 Å². The second-order valence-electron chi connectivity index (χ2n) is 6.33. The van der Waals surface area contributed by atoms with Gasteiger partial charge < -0.3 is 15.0 Å². The summed E-state index contributed by atoms with van der Waals surface area (Å²) in [5.74, 6) is 0. The Kier molecular flexibility index (Phi) is 4.17. The fourth-order valence-electron chi connectivity index (χ4n) is 3.05. The number of nitrogens with zero attached hydrogens (tertiary/aromatic N) is 2. The lowest BCUT2D eigenvalue weighted by Gasteiger charge is -2.42. The summed E-state index contributed by atoms with van der Waals surface area (Å²) < 4.78 is 5.69. The van der Waals surface area contributed by atoms with Crippen LogP contribution in [0.25, 0.3) is 0 Å². The Labute approximate surface area is 129 Å². The van der Waals surface area contributed by atoms with E-state index in [9.17, 15) is 4.79 Å². The van der Waals surface area contributed by atoms with E-state index in [4.69, 9.17) is 4.74 Å². The minimum absolute atomic E-state index is 0.00660. The summed E-state index contributed by atoms with van der Waals surface area (Å²) in [4.78, 5) is 18.9. The zero-order chi connectivity index (χ0) is 14.9. The van der Waals surface area contributed by atoms with Crippen molar-refractivity contribution in [2.45, 2.75) is 39.2 Å². The summed E-state index contributed by atoms with van der Waals surface area (Å²) in [7, 11) is 0. The highest BCUT2D eigenvalue weighted by atomic mass is 32.1. The predicted molar refractivity (Wildman–Crippen MR) is 82.5 cm³/mol. The Morgan fingerprint density at radius 3 is 3.00 bits per heavy atom. The van der Waals surface area contributed by atoms with Gasteiger partial charge in [0.2, 0.25) is 0 Å². The predicted octanol–water partition coefficient (Wildman–Crippen LogP) is 2.72. The Morgan fingerprint density at radius 1 is 1.57 bits per heavy atom. The van der Waals surface area contributed by atoms with E-state index in [1.54, 1.807) is 11.3 Å². The quantitative estimate of drug-likeness (QED) is 0.914. The van der Waals surface area contributed by atoms with Crippen molar-refractivity contribution >= 4 is 17.4 Å². The summed E-state index contributed by atoms with van der Waals surface area (Å²) in [6, 6.07) is -0.0372. The first-order chi connectivity index (χ1) is 10.1. The van der Waals surface area contributed by atoms with Gasteiger partial charge in [0, 0.05) is 29.6 Å². The molecule has 1 aliphatic carbocycles. The first-order valence-corrected chi connectivity index (χ1v) is 8.51. The molecule has 1 spiro atoms. The number of amides is 2. The van der Waals surface area contributed by atoms with Gasteiger partial charge in [-0.3, -0.25) is 0 Å². The molecule has 1 aliphatic heterocycles. The Bertz CT molecular complexity index is 513. The van der Waals surface area contributed by atoms with Gasteiger partial charge in [0.1, 0.15) is 5.01 Å². The van der Waals surface area contributed by atoms with Crippen LogP contribution >= 0.6 is 11.3 Å². The van der Waals surface area contributed by atoms with E-state index in [0.717, 1.165) is 23.9 Å². The van der Waals surface area contributed by atoms with Crippen molar-refractivity contribution in [2.75, 3.05) is 26.3 Å². The number of ether oxygens (including phenoxy) is 1. The van der Waals surface area contributed by atoms with Crippen molar-refractivity contribution in [2.24, 2.45) is 5.41 Å². The molecule has 0 radical (unpaired) electrons. The fourth-order valence-corrected chi connectivity index (χ4v) is 3.86. The van der Waals surface area contributed by atoms with E-state index in [0.29, 0.717) is 13.2 Å². The molecular formula is C15H23N3O2S. The fraction of sp³-hybridized carbons (Fsp3) is 0.733. The number of hydrogen-bond donors (Lipinski definition) is 1. The molecule has 1 aromatic rings. The van der Waals surface area contributed by atoms with Crippen molar-refractivity contribution in [1.82, 2.24) is 15.2 Å². The lowest BCUT2D eigenvalue weighted by atomic mass is 9.69.